The summed E-state index contributed by atoms with van der Waals surface area (Å²) in [6, 6.07) is 9.45. The number of nitrogens with zero attached hydrogens (tertiary/aromatic N) is 4. The van der Waals surface area contributed by atoms with Gasteiger partial charge < -0.3 is 0 Å². The Morgan fingerprint density at radius 2 is 1.81 bits per heavy atom. The molecule has 0 spiro atoms. The standard InChI is InChI=1S/C22H32N4/c1-21(2,3)17-8-6-16(7-9-17)20-23-19(24-26(20)18-10-11-18)14-25-13-12-22(4,5)15-25/h6-9,18H,10-15H2,1-5H3. The van der Waals surface area contributed by atoms with Gasteiger partial charge in [-0.1, -0.05) is 58.9 Å². The first-order valence-corrected chi connectivity index (χ1v) is 10.00. The molecule has 1 saturated carbocycles. The maximum absolute atomic E-state index is 4.95. The number of hydrogen-bond donors (Lipinski definition) is 0. The van der Waals surface area contributed by atoms with Crippen LogP contribution in [0.3, 0.4) is 0 Å². The second kappa shape index (κ2) is 6.19. The van der Waals surface area contributed by atoms with Gasteiger partial charge in [-0.3, -0.25) is 4.90 Å². The molecule has 26 heavy (non-hydrogen) atoms. The van der Waals surface area contributed by atoms with Gasteiger partial charge in [0.2, 0.25) is 0 Å². The van der Waals surface area contributed by atoms with Crippen molar-refractivity contribution in [1.29, 1.82) is 0 Å². The molecule has 0 atom stereocenters. The molecule has 140 valence electrons. The van der Waals surface area contributed by atoms with Gasteiger partial charge in [0.05, 0.1) is 12.6 Å². The number of aromatic nitrogens is 3. The van der Waals surface area contributed by atoms with Crippen molar-refractivity contribution in [1.82, 2.24) is 19.7 Å². The highest BCUT2D eigenvalue weighted by atomic mass is 15.4. The molecule has 4 heteroatoms. The first-order chi connectivity index (χ1) is 12.2. The third kappa shape index (κ3) is 3.71. The fourth-order valence-corrected chi connectivity index (χ4v) is 3.88. The smallest absolute Gasteiger partial charge is 0.165 e. The maximum Gasteiger partial charge on any atom is 0.165 e. The van der Waals surface area contributed by atoms with Gasteiger partial charge in [0.25, 0.3) is 0 Å². The lowest BCUT2D eigenvalue weighted by Crippen LogP contribution is -2.23. The zero-order valence-corrected chi connectivity index (χ0v) is 16.9. The maximum atomic E-state index is 4.95. The molecule has 0 radical (unpaired) electrons. The molecule has 1 aliphatic carbocycles. The number of likely N-dealkylation sites (tertiary alicyclic amines) is 1. The first kappa shape index (κ1) is 17.7. The molecule has 4 rings (SSSR count). The van der Waals surface area contributed by atoms with Crippen LogP contribution in [-0.2, 0) is 12.0 Å². The minimum Gasteiger partial charge on any atom is -0.295 e. The van der Waals surface area contributed by atoms with Crippen LogP contribution in [0.25, 0.3) is 11.4 Å². The van der Waals surface area contributed by atoms with Crippen molar-refractivity contribution in [2.45, 2.75) is 71.9 Å². The molecule has 1 saturated heterocycles. The number of rotatable bonds is 4. The highest BCUT2D eigenvalue weighted by molar-refractivity contribution is 5.56. The van der Waals surface area contributed by atoms with Gasteiger partial charge in [0.1, 0.15) is 0 Å². The molecule has 2 fully saturated rings. The molecule has 2 aromatic rings. The molecule has 2 aliphatic rings. The van der Waals surface area contributed by atoms with Crippen LogP contribution >= 0.6 is 0 Å². The number of benzene rings is 1. The molecule has 2 heterocycles. The highest BCUT2D eigenvalue weighted by Crippen LogP contribution is 2.38. The molecule has 0 amide bonds. The van der Waals surface area contributed by atoms with Crippen molar-refractivity contribution in [2.75, 3.05) is 13.1 Å². The van der Waals surface area contributed by atoms with Gasteiger partial charge >= 0.3 is 0 Å². The summed E-state index contributed by atoms with van der Waals surface area (Å²) < 4.78 is 2.18. The summed E-state index contributed by atoms with van der Waals surface area (Å²) in [5.74, 6) is 2.02. The average Bonchev–Trinajstić information content (AvgIpc) is 3.24. The first-order valence-electron chi connectivity index (χ1n) is 10.00. The summed E-state index contributed by atoms with van der Waals surface area (Å²) in [5.41, 5.74) is 3.14. The lowest BCUT2D eigenvalue weighted by Gasteiger charge is -2.19. The van der Waals surface area contributed by atoms with E-state index in [1.54, 1.807) is 0 Å². The molecule has 1 aromatic heterocycles. The highest BCUT2D eigenvalue weighted by Gasteiger charge is 2.32. The van der Waals surface area contributed by atoms with Crippen molar-refractivity contribution >= 4 is 0 Å². The van der Waals surface area contributed by atoms with Crippen molar-refractivity contribution in [3.8, 4) is 11.4 Å². The lowest BCUT2D eigenvalue weighted by molar-refractivity contribution is 0.278. The predicted molar refractivity (Wildman–Crippen MR) is 106 cm³/mol. The van der Waals surface area contributed by atoms with Gasteiger partial charge in [-0.25, -0.2) is 9.67 Å². The van der Waals surface area contributed by atoms with Gasteiger partial charge in [-0.05, 0) is 42.2 Å². The normalized spacial score (nSPS) is 20.7. The summed E-state index contributed by atoms with van der Waals surface area (Å²) in [5, 5.41) is 4.89. The van der Waals surface area contributed by atoms with Crippen molar-refractivity contribution in [2.24, 2.45) is 5.41 Å². The second-order valence-electron chi connectivity index (χ2n) is 9.98. The van der Waals surface area contributed by atoms with Crippen molar-refractivity contribution < 1.29 is 0 Å². The van der Waals surface area contributed by atoms with E-state index in [-0.39, 0.29) is 5.41 Å². The van der Waals surface area contributed by atoms with Crippen LogP contribution < -0.4 is 0 Å². The summed E-state index contributed by atoms with van der Waals surface area (Å²) in [7, 11) is 0. The van der Waals surface area contributed by atoms with E-state index in [1.807, 2.05) is 0 Å². The minimum absolute atomic E-state index is 0.177. The zero-order chi connectivity index (χ0) is 18.5. The Morgan fingerprint density at radius 3 is 2.35 bits per heavy atom. The Labute approximate surface area is 157 Å². The largest absolute Gasteiger partial charge is 0.295 e. The van der Waals surface area contributed by atoms with Crippen LogP contribution in [0.2, 0.25) is 0 Å². The lowest BCUT2D eigenvalue weighted by atomic mass is 9.87. The van der Waals surface area contributed by atoms with E-state index < -0.39 is 0 Å². The van der Waals surface area contributed by atoms with E-state index in [9.17, 15) is 0 Å². The molecule has 0 bridgehead atoms. The van der Waals surface area contributed by atoms with Gasteiger partial charge in [0, 0.05) is 12.1 Å². The van der Waals surface area contributed by atoms with E-state index >= 15 is 0 Å². The van der Waals surface area contributed by atoms with Crippen LogP contribution in [0.5, 0.6) is 0 Å². The van der Waals surface area contributed by atoms with E-state index in [0.717, 1.165) is 31.3 Å². The van der Waals surface area contributed by atoms with Crippen molar-refractivity contribution in [3.05, 3.63) is 35.7 Å². The van der Waals surface area contributed by atoms with E-state index in [2.05, 4.69) is 68.5 Å². The fraction of sp³-hybridized carbons (Fsp3) is 0.636. The van der Waals surface area contributed by atoms with Crippen LogP contribution in [-0.4, -0.2) is 32.8 Å². The summed E-state index contributed by atoms with van der Waals surface area (Å²) in [4.78, 5) is 7.45. The molecule has 4 nitrogen and oxygen atoms in total. The monoisotopic (exact) mass is 352 g/mol. The Bertz CT molecular complexity index is 775. The van der Waals surface area contributed by atoms with E-state index in [1.165, 1.54) is 30.4 Å². The zero-order valence-electron chi connectivity index (χ0n) is 16.9. The fourth-order valence-electron chi connectivity index (χ4n) is 3.88. The topological polar surface area (TPSA) is 34.0 Å². The van der Waals surface area contributed by atoms with Gasteiger partial charge in [0.15, 0.2) is 11.6 Å². The number of hydrogen-bond acceptors (Lipinski definition) is 3. The molecule has 0 N–H and O–H groups in total. The van der Waals surface area contributed by atoms with Crippen LogP contribution in [0.4, 0.5) is 0 Å². The minimum atomic E-state index is 0.177. The Morgan fingerprint density at radius 1 is 1.12 bits per heavy atom. The summed E-state index contributed by atoms with van der Waals surface area (Å²) >= 11 is 0. The van der Waals surface area contributed by atoms with Crippen LogP contribution in [0, 0.1) is 5.41 Å². The van der Waals surface area contributed by atoms with Crippen LogP contribution in [0.1, 0.15) is 71.3 Å². The van der Waals surface area contributed by atoms with Gasteiger partial charge in [-0.2, -0.15) is 5.10 Å². The molecule has 0 unspecified atom stereocenters. The third-order valence-electron chi connectivity index (χ3n) is 5.70. The summed E-state index contributed by atoms with van der Waals surface area (Å²) in [6.45, 7) is 14.6. The summed E-state index contributed by atoms with van der Waals surface area (Å²) in [6.07, 6.45) is 3.72. The second-order valence-corrected chi connectivity index (χ2v) is 9.98. The Kier molecular flexibility index (Phi) is 4.22. The quantitative estimate of drug-likeness (QED) is 0.792. The molecule has 1 aromatic carbocycles. The van der Waals surface area contributed by atoms with E-state index in [4.69, 9.17) is 10.1 Å². The average molecular weight is 353 g/mol. The third-order valence-corrected chi connectivity index (χ3v) is 5.70. The molecular weight excluding hydrogens is 320 g/mol. The van der Waals surface area contributed by atoms with E-state index in [0.29, 0.717) is 11.5 Å². The Balaban J connectivity index is 1.59. The molecular formula is C22H32N4. The van der Waals surface area contributed by atoms with Crippen LogP contribution in [0.15, 0.2) is 24.3 Å². The predicted octanol–water partition coefficient (Wildman–Crippen LogP) is 4.81. The SMILES string of the molecule is CC1(C)CCN(Cc2nc(-c3ccc(C(C)(C)C)cc3)n(C3CC3)n2)C1. The molecule has 1 aliphatic heterocycles. The van der Waals surface area contributed by atoms with Gasteiger partial charge in [-0.15, -0.1) is 0 Å². The Hall–Kier alpha value is -1.68. The van der Waals surface area contributed by atoms with Crippen molar-refractivity contribution in [3.63, 3.8) is 0 Å².